The van der Waals surface area contributed by atoms with E-state index in [0.717, 1.165) is 38.6 Å². The van der Waals surface area contributed by atoms with Gasteiger partial charge >= 0.3 is 0 Å². The van der Waals surface area contributed by atoms with Gasteiger partial charge in [0, 0.05) is 17.2 Å². The van der Waals surface area contributed by atoms with Crippen molar-refractivity contribution in [3.05, 3.63) is 71.8 Å². The molecular formula is C35H51N5O4. The zero-order valence-electron chi connectivity index (χ0n) is 26.6. The fourth-order valence-electron chi connectivity index (χ4n) is 6.42. The van der Waals surface area contributed by atoms with E-state index < -0.39 is 6.04 Å². The monoisotopic (exact) mass is 605 g/mol. The van der Waals surface area contributed by atoms with E-state index in [4.69, 9.17) is 17.2 Å². The normalized spacial score (nSPS) is 23.9. The molecule has 6 N–H and O–H groups in total. The second-order valence-electron chi connectivity index (χ2n) is 12.4. The molecular weight excluding hydrogens is 554 g/mol. The molecule has 2 aromatic rings. The highest BCUT2D eigenvalue weighted by Gasteiger charge is 2.36. The lowest BCUT2D eigenvalue weighted by molar-refractivity contribution is -0.125. The first-order valence-electron chi connectivity index (χ1n) is 16.0. The maximum absolute atomic E-state index is 12.4. The highest BCUT2D eigenvalue weighted by Crippen LogP contribution is 2.31. The Balaban J connectivity index is 0.000000240. The van der Waals surface area contributed by atoms with Gasteiger partial charge in [0.1, 0.15) is 0 Å². The summed E-state index contributed by atoms with van der Waals surface area (Å²) in [5.41, 5.74) is 18.6. The first-order valence-corrected chi connectivity index (χ1v) is 16.0. The van der Waals surface area contributed by atoms with Gasteiger partial charge in [0.15, 0.2) is 11.6 Å². The van der Waals surface area contributed by atoms with Gasteiger partial charge in [-0.05, 0) is 62.9 Å². The largest absolute Gasteiger partial charge is 0.368 e. The van der Waals surface area contributed by atoms with Crippen LogP contribution in [-0.4, -0.2) is 77.5 Å². The van der Waals surface area contributed by atoms with E-state index in [-0.39, 0.29) is 48.6 Å². The van der Waals surface area contributed by atoms with Crippen LogP contribution in [0.5, 0.6) is 0 Å². The number of carbonyl (C=O) groups is 4. The molecule has 2 aliphatic heterocycles. The number of piperidine rings is 2. The molecule has 9 nitrogen and oxygen atoms in total. The summed E-state index contributed by atoms with van der Waals surface area (Å²) < 4.78 is 0. The second kappa shape index (κ2) is 17.2. The maximum Gasteiger partial charge on any atom is 0.234 e. The summed E-state index contributed by atoms with van der Waals surface area (Å²) in [6.07, 6.45) is 5.35. The lowest BCUT2D eigenvalue weighted by Crippen LogP contribution is -2.53. The van der Waals surface area contributed by atoms with Gasteiger partial charge < -0.3 is 17.2 Å². The first kappa shape index (κ1) is 35.1. The third-order valence-electron chi connectivity index (χ3n) is 9.58. The van der Waals surface area contributed by atoms with Crippen LogP contribution in [0.1, 0.15) is 80.0 Å². The van der Waals surface area contributed by atoms with Crippen LogP contribution in [0.3, 0.4) is 0 Å². The Labute approximate surface area is 262 Å². The Bertz CT molecular complexity index is 1130. The molecule has 4 unspecified atom stereocenters. The van der Waals surface area contributed by atoms with Crippen molar-refractivity contribution in [2.24, 2.45) is 35.0 Å². The lowest BCUT2D eigenvalue weighted by atomic mass is 9.80. The van der Waals surface area contributed by atoms with Crippen LogP contribution in [0.4, 0.5) is 0 Å². The molecule has 0 spiro atoms. The number of hydrogen-bond donors (Lipinski definition) is 3. The summed E-state index contributed by atoms with van der Waals surface area (Å²) in [5.74, 6) is 0.798. The molecule has 240 valence electrons. The minimum atomic E-state index is -0.399. The van der Waals surface area contributed by atoms with Gasteiger partial charge in [-0.15, -0.1) is 0 Å². The van der Waals surface area contributed by atoms with E-state index in [0.29, 0.717) is 41.8 Å². The van der Waals surface area contributed by atoms with E-state index in [1.54, 1.807) is 12.1 Å². The van der Waals surface area contributed by atoms with E-state index in [2.05, 4.69) is 20.8 Å². The summed E-state index contributed by atoms with van der Waals surface area (Å²) in [4.78, 5) is 52.1. The van der Waals surface area contributed by atoms with Crippen molar-refractivity contribution in [2.45, 2.75) is 77.4 Å². The number of carbonyl (C=O) groups excluding carboxylic acids is 4. The van der Waals surface area contributed by atoms with Gasteiger partial charge in [0.05, 0.1) is 25.2 Å². The van der Waals surface area contributed by atoms with Crippen molar-refractivity contribution in [2.75, 3.05) is 26.2 Å². The van der Waals surface area contributed by atoms with Gasteiger partial charge in [-0.1, -0.05) is 87.9 Å². The molecule has 2 fully saturated rings. The van der Waals surface area contributed by atoms with Crippen molar-refractivity contribution in [3.8, 4) is 0 Å². The fraction of sp³-hybridized carbons (Fsp3) is 0.543. The molecule has 0 bridgehead atoms. The smallest absolute Gasteiger partial charge is 0.234 e. The number of rotatable bonds is 12. The molecule has 2 aromatic carbocycles. The van der Waals surface area contributed by atoms with Crippen molar-refractivity contribution in [1.82, 2.24) is 9.80 Å². The zero-order chi connectivity index (χ0) is 32.2. The Kier molecular flexibility index (Phi) is 13.7. The van der Waals surface area contributed by atoms with Crippen LogP contribution >= 0.6 is 0 Å². The number of amides is 2. The van der Waals surface area contributed by atoms with Crippen molar-refractivity contribution < 1.29 is 19.2 Å². The molecule has 0 radical (unpaired) electrons. The van der Waals surface area contributed by atoms with Gasteiger partial charge in [-0.25, -0.2) is 0 Å². The molecule has 9 heteroatoms. The summed E-state index contributed by atoms with van der Waals surface area (Å²) in [6.45, 7) is 8.40. The SMILES string of the molecule is CC[C@H](C)C1CCN(CC(=O)c2ccccc2)C(C(N)=O)C1.CC[C@H](N)C1CCN(CC(=O)c2ccccc2)C(C(N)=O)C1. The van der Waals surface area contributed by atoms with Crippen molar-refractivity contribution >= 4 is 23.4 Å². The summed E-state index contributed by atoms with van der Waals surface area (Å²) in [7, 11) is 0. The van der Waals surface area contributed by atoms with Crippen LogP contribution in [-0.2, 0) is 9.59 Å². The van der Waals surface area contributed by atoms with Crippen molar-refractivity contribution in [3.63, 3.8) is 0 Å². The quantitative estimate of drug-likeness (QED) is 0.312. The predicted octanol–water partition coefficient (Wildman–Crippen LogP) is 3.65. The van der Waals surface area contributed by atoms with Gasteiger partial charge in [0.2, 0.25) is 11.8 Å². The molecule has 0 aromatic heterocycles. The molecule has 2 heterocycles. The number of hydrogen-bond acceptors (Lipinski definition) is 7. The lowest BCUT2D eigenvalue weighted by Gasteiger charge is -2.39. The fourth-order valence-corrected chi connectivity index (χ4v) is 6.42. The highest BCUT2D eigenvalue weighted by molar-refractivity contribution is 5.98. The molecule has 2 saturated heterocycles. The molecule has 44 heavy (non-hydrogen) atoms. The summed E-state index contributed by atoms with van der Waals surface area (Å²) >= 11 is 0. The van der Waals surface area contributed by atoms with Gasteiger partial charge in [0.25, 0.3) is 0 Å². The minimum absolute atomic E-state index is 0.0186. The highest BCUT2D eigenvalue weighted by atomic mass is 16.2. The second-order valence-corrected chi connectivity index (χ2v) is 12.4. The van der Waals surface area contributed by atoms with Crippen LogP contribution in [0.2, 0.25) is 0 Å². The van der Waals surface area contributed by atoms with Gasteiger partial charge in [-0.3, -0.25) is 29.0 Å². The number of ketones is 2. The molecule has 0 aliphatic carbocycles. The molecule has 2 aliphatic rings. The van der Waals surface area contributed by atoms with Crippen LogP contribution in [0, 0.1) is 17.8 Å². The number of Topliss-reactive ketones (excluding diaryl/α,β-unsaturated/α-hetero) is 2. The van der Waals surface area contributed by atoms with Crippen LogP contribution in [0.25, 0.3) is 0 Å². The number of benzene rings is 2. The number of nitrogens with two attached hydrogens (primary N) is 3. The number of likely N-dealkylation sites (tertiary alicyclic amines) is 2. The van der Waals surface area contributed by atoms with Crippen molar-refractivity contribution in [1.29, 1.82) is 0 Å². The average molecular weight is 606 g/mol. The Morgan fingerprint density at radius 1 is 0.705 bits per heavy atom. The molecule has 6 atom stereocenters. The van der Waals surface area contributed by atoms with E-state index in [9.17, 15) is 19.2 Å². The van der Waals surface area contributed by atoms with E-state index >= 15 is 0 Å². The predicted molar refractivity (Wildman–Crippen MR) is 174 cm³/mol. The Morgan fingerprint density at radius 3 is 1.50 bits per heavy atom. The van der Waals surface area contributed by atoms with Crippen LogP contribution in [0.15, 0.2) is 60.7 Å². The minimum Gasteiger partial charge on any atom is -0.368 e. The number of primary amides is 2. The standard InChI is InChI=1S/C18H26N2O2.C17H25N3O2/c1-3-13(2)15-9-10-20(16(11-15)18(19)22)12-17(21)14-7-5-4-6-8-14;1-2-14(18)13-8-9-20(15(10-13)17(19)22)11-16(21)12-6-4-3-5-7-12/h4-8,13,15-16H,3,9-12H2,1-2H3,(H2,19,22);3-7,13-15H,2,8-11,18H2,1H3,(H2,19,22)/t13-,15?,16?;13?,14-,15?/m00/s1. The third kappa shape index (κ3) is 9.81. The molecule has 2 amide bonds. The Morgan fingerprint density at radius 2 is 1.11 bits per heavy atom. The van der Waals surface area contributed by atoms with Crippen LogP contribution < -0.4 is 17.2 Å². The van der Waals surface area contributed by atoms with E-state index in [1.165, 1.54) is 0 Å². The summed E-state index contributed by atoms with van der Waals surface area (Å²) in [5, 5.41) is 0. The first-order chi connectivity index (χ1) is 21.0. The molecule has 0 saturated carbocycles. The zero-order valence-corrected chi connectivity index (χ0v) is 26.6. The summed E-state index contributed by atoms with van der Waals surface area (Å²) in [6, 6.07) is 17.7. The average Bonchev–Trinajstić information content (AvgIpc) is 3.05. The maximum atomic E-state index is 12.4. The molecule has 4 rings (SSSR count). The Hall–Kier alpha value is -3.40. The van der Waals surface area contributed by atoms with Gasteiger partial charge in [-0.2, -0.15) is 0 Å². The van der Waals surface area contributed by atoms with E-state index in [1.807, 2.05) is 58.3 Å². The third-order valence-corrected chi connectivity index (χ3v) is 9.58. The number of nitrogens with zero attached hydrogens (tertiary/aromatic N) is 2. The topological polar surface area (TPSA) is 153 Å².